The quantitative estimate of drug-likeness (QED) is 0.0402. The van der Waals surface area contributed by atoms with Gasteiger partial charge in [-0.2, -0.15) is 0 Å². The van der Waals surface area contributed by atoms with Crippen molar-refractivity contribution in [3.05, 3.63) is 124 Å². The number of aromatic hydroxyl groups is 1. The second kappa shape index (κ2) is 21.1. The van der Waals surface area contributed by atoms with Crippen LogP contribution in [0.15, 0.2) is 85.1 Å². The Hall–Kier alpha value is -4.79. The van der Waals surface area contributed by atoms with Crippen molar-refractivity contribution in [2.24, 2.45) is 17.8 Å². The topological polar surface area (TPSA) is 127 Å². The third kappa shape index (κ3) is 12.1. The zero-order chi connectivity index (χ0) is 40.0. The fourth-order valence-electron chi connectivity index (χ4n) is 9.30. The minimum absolute atomic E-state index is 0.0170. The minimum atomic E-state index is -0.227. The third-order valence-electron chi connectivity index (χ3n) is 12.4. The van der Waals surface area contributed by atoms with E-state index in [0.29, 0.717) is 36.4 Å². The number of piperidine rings is 1. The van der Waals surface area contributed by atoms with Crippen molar-refractivity contribution < 1.29 is 19.4 Å². The van der Waals surface area contributed by atoms with Crippen LogP contribution >= 0.6 is 0 Å². The molecule has 6 rings (SSSR count). The van der Waals surface area contributed by atoms with Crippen molar-refractivity contribution in [3.8, 4) is 11.5 Å². The molecule has 3 aromatic carbocycles. The number of phenolic OH excluding ortho intramolecular Hbond substituents is 1. The number of methoxy groups -OCH3 is 1. The molecule has 1 aliphatic heterocycles. The van der Waals surface area contributed by atoms with Crippen molar-refractivity contribution in [2.45, 2.75) is 95.9 Å². The first-order chi connectivity index (χ1) is 27.8. The van der Waals surface area contributed by atoms with Crippen LogP contribution < -0.4 is 21.1 Å². The Morgan fingerprint density at radius 3 is 2.46 bits per heavy atom. The molecule has 4 atom stereocenters. The van der Waals surface area contributed by atoms with Gasteiger partial charge in [0.2, 0.25) is 0 Å². The molecule has 8 heteroatoms. The Labute approximate surface area is 339 Å². The molecule has 2 aliphatic rings. The number of nitrogens with zero attached hydrogens (tertiary/aromatic N) is 1. The summed E-state index contributed by atoms with van der Waals surface area (Å²) < 4.78 is 5.42. The number of carbonyl (C=O) groups excluding carboxylic acids is 2. The summed E-state index contributed by atoms with van der Waals surface area (Å²) in [7, 11) is 3.61. The van der Waals surface area contributed by atoms with E-state index in [2.05, 4.69) is 71.2 Å². The van der Waals surface area contributed by atoms with Gasteiger partial charge in [0.1, 0.15) is 11.6 Å². The average Bonchev–Trinajstić information content (AvgIpc) is 3.23. The lowest BCUT2D eigenvalue weighted by Gasteiger charge is -2.46. The Morgan fingerprint density at radius 2 is 1.67 bits per heavy atom. The van der Waals surface area contributed by atoms with Gasteiger partial charge in [-0.05, 0) is 165 Å². The number of pyridine rings is 1. The second-order valence-corrected chi connectivity index (χ2v) is 16.3. The van der Waals surface area contributed by atoms with E-state index in [4.69, 9.17) is 10.5 Å². The lowest BCUT2D eigenvalue weighted by molar-refractivity contribution is -0.124. The number of nitrogens with two attached hydrogens (primary N) is 1. The number of unbranched alkanes of at least 4 members (excludes halogenated alkanes) is 2. The van der Waals surface area contributed by atoms with Crippen LogP contribution in [0.3, 0.4) is 0 Å². The summed E-state index contributed by atoms with van der Waals surface area (Å²) in [6, 6.07) is 25.3. The maximum atomic E-state index is 13.0. The van der Waals surface area contributed by atoms with Crippen molar-refractivity contribution >= 4 is 23.5 Å². The third-order valence-corrected chi connectivity index (χ3v) is 12.4. The highest BCUT2D eigenvalue weighted by Crippen LogP contribution is 2.41. The largest absolute Gasteiger partial charge is 0.504 e. The first-order valence-electron chi connectivity index (χ1n) is 21.1. The monoisotopic (exact) mass is 770 g/mol. The molecule has 1 saturated heterocycles. The van der Waals surface area contributed by atoms with Crippen molar-refractivity contribution in [2.75, 3.05) is 33.0 Å². The van der Waals surface area contributed by atoms with Gasteiger partial charge in [-0.1, -0.05) is 73.5 Å². The van der Waals surface area contributed by atoms with Crippen molar-refractivity contribution in [1.29, 1.82) is 0 Å². The summed E-state index contributed by atoms with van der Waals surface area (Å²) in [6.07, 6.45) is 17.4. The van der Waals surface area contributed by atoms with Gasteiger partial charge in [-0.3, -0.25) is 9.59 Å². The molecule has 8 nitrogen and oxygen atoms in total. The Kier molecular flexibility index (Phi) is 15.5. The number of aryl methyl sites for hydroxylation is 4. The number of Topliss-reactive ketones (excluding diaryl/α,β-unsaturated/α-hetero) is 1. The van der Waals surface area contributed by atoms with Crippen LogP contribution in [0.2, 0.25) is 0 Å². The zero-order valence-electron chi connectivity index (χ0n) is 34.0. The highest BCUT2D eigenvalue weighted by atomic mass is 16.5. The number of anilines is 1. The molecule has 5 N–H and O–H groups in total. The minimum Gasteiger partial charge on any atom is -0.504 e. The molecule has 2 fully saturated rings. The molecule has 1 aliphatic carbocycles. The van der Waals surface area contributed by atoms with E-state index in [1.807, 2.05) is 12.1 Å². The highest BCUT2D eigenvalue weighted by molar-refractivity contribution is 6.06. The first-order valence-corrected chi connectivity index (χ1v) is 21.1. The van der Waals surface area contributed by atoms with E-state index >= 15 is 0 Å². The Balaban J connectivity index is 1.03. The molecule has 0 radical (unpaired) electrons. The molecule has 302 valence electrons. The SMILES string of the molecule is CNC1CCC2CNCCC2C1CCCCCC(=O)CC(=O)C=Cc1cc(OC)c(O)cc1Cc1cnc(N)cc1CCc1cccc(CCc2ccccc2)c1. The lowest BCUT2D eigenvalue weighted by atomic mass is 9.65. The fourth-order valence-corrected chi connectivity index (χ4v) is 9.30. The summed E-state index contributed by atoms with van der Waals surface area (Å²) >= 11 is 0. The van der Waals surface area contributed by atoms with Gasteiger partial charge < -0.3 is 26.2 Å². The van der Waals surface area contributed by atoms with E-state index in [0.717, 1.165) is 92.1 Å². The number of nitrogens with one attached hydrogen (secondary N) is 2. The Morgan fingerprint density at radius 1 is 0.895 bits per heavy atom. The van der Waals surface area contributed by atoms with E-state index in [9.17, 15) is 14.7 Å². The molecule has 1 saturated carbocycles. The van der Waals surface area contributed by atoms with E-state index in [1.165, 1.54) is 55.6 Å². The number of aromatic nitrogens is 1. The fraction of sp³-hybridized carbons (Fsp3) is 0.449. The summed E-state index contributed by atoms with van der Waals surface area (Å²) in [5.41, 5.74) is 13.7. The van der Waals surface area contributed by atoms with E-state index in [1.54, 1.807) is 24.4 Å². The maximum Gasteiger partial charge on any atom is 0.163 e. The average molecular weight is 771 g/mol. The summed E-state index contributed by atoms with van der Waals surface area (Å²) in [6.45, 7) is 2.28. The number of benzene rings is 3. The molecule has 0 amide bonds. The molecule has 0 spiro atoms. The predicted octanol–water partition coefficient (Wildman–Crippen LogP) is 8.25. The Bertz CT molecular complexity index is 1960. The van der Waals surface area contributed by atoms with Crippen LogP contribution in [0.4, 0.5) is 5.82 Å². The predicted molar refractivity (Wildman–Crippen MR) is 231 cm³/mol. The van der Waals surface area contributed by atoms with Gasteiger partial charge in [-0.25, -0.2) is 4.98 Å². The molecule has 4 unspecified atom stereocenters. The zero-order valence-corrected chi connectivity index (χ0v) is 34.0. The van der Waals surface area contributed by atoms with Crippen LogP contribution in [0, 0.1) is 17.8 Å². The van der Waals surface area contributed by atoms with Crippen molar-refractivity contribution in [1.82, 2.24) is 15.6 Å². The number of hydrogen-bond acceptors (Lipinski definition) is 8. The van der Waals surface area contributed by atoms with Crippen molar-refractivity contribution in [3.63, 3.8) is 0 Å². The van der Waals surface area contributed by atoms with Gasteiger partial charge >= 0.3 is 0 Å². The molecular weight excluding hydrogens is 709 g/mol. The van der Waals surface area contributed by atoms with Gasteiger partial charge in [0, 0.05) is 18.7 Å². The maximum absolute atomic E-state index is 13.0. The van der Waals surface area contributed by atoms with Crippen LogP contribution in [-0.2, 0) is 41.7 Å². The van der Waals surface area contributed by atoms with Gasteiger partial charge in [0.25, 0.3) is 0 Å². The normalized spacial score (nSPS) is 19.3. The number of rotatable bonds is 20. The number of ketones is 2. The second-order valence-electron chi connectivity index (χ2n) is 16.3. The number of phenols is 1. The molecule has 1 aromatic heterocycles. The summed E-state index contributed by atoms with van der Waals surface area (Å²) in [5.74, 6) is 2.86. The molecule has 0 bridgehead atoms. The van der Waals surface area contributed by atoms with E-state index in [-0.39, 0.29) is 23.7 Å². The summed E-state index contributed by atoms with van der Waals surface area (Å²) in [5, 5.41) is 17.9. The van der Waals surface area contributed by atoms with Gasteiger partial charge in [-0.15, -0.1) is 0 Å². The van der Waals surface area contributed by atoms with Crippen LogP contribution in [0.5, 0.6) is 11.5 Å². The smallest absolute Gasteiger partial charge is 0.163 e. The van der Waals surface area contributed by atoms with Crippen LogP contribution in [0.1, 0.15) is 96.7 Å². The van der Waals surface area contributed by atoms with E-state index < -0.39 is 0 Å². The molecule has 57 heavy (non-hydrogen) atoms. The van der Waals surface area contributed by atoms with Gasteiger partial charge in [0.05, 0.1) is 13.5 Å². The number of allylic oxidation sites excluding steroid dienone is 1. The lowest BCUT2D eigenvalue weighted by Crippen LogP contribution is -2.50. The van der Waals surface area contributed by atoms with Crippen LogP contribution in [0.25, 0.3) is 6.08 Å². The molecular formula is C49H62N4O4. The highest BCUT2D eigenvalue weighted by Gasteiger charge is 2.39. The molecule has 4 aromatic rings. The van der Waals surface area contributed by atoms with Gasteiger partial charge in [0.15, 0.2) is 17.3 Å². The standard InChI is InChI=1S/C49H62N4O4/c1-51-46-23-21-39-32-52-25-24-44(39)45(46)15-8-4-7-14-42(54)31-43(55)22-20-37-29-48(57-2)47(56)28-40(37)27-41-33-53-49(50)30-38(41)19-18-36-13-9-12-35(26-36)17-16-34-10-5-3-6-11-34/h3,5-6,9-13,20,22,26,28-30,33,39,44-46,51-52,56H,4,7-8,14-19,21,23-25,27,31-32H2,1-2H3,(H2,50,53). The summed E-state index contributed by atoms with van der Waals surface area (Å²) in [4.78, 5) is 30.3. The molecule has 2 heterocycles. The number of carbonyl (C=O) groups is 2. The number of fused-ring (bicyclic) bond motifs is 1. The number of hydrogen-bond donors (Lipinski definition) is 4. The van der Waals surface area contributed by atoms with Crippen LogP contribution in [-0.4, -0.2) is 54.9 Å². The number of ether oxygens (including phenoxy) is 1. The number of nitrogen functional groups attached to an aromatic ring is 1. The first kappa shape index (κ1) is 41.8.